The number of phenolic OH excluding ortho intramolecular Hbond substituents is 1. The van der Waals surface area contributed by atoms with Gasteiger partial charge in [-0.3, -0.25) is 9.59 Å². The summed E-state index contributed by atoms with van der Waals surface area (Å²) in [6, 6.07) is 12.7. The van der Waals surface area contributed by atoms with Crippen LogP contribution in [-0.2, 0) is 4.79 Å². The lowest BCUT2D eigenvalue weighted by atomic mass is 10.0. The highest BCUT2D eigenvalue weighted by atomic mass is 16.3. The first kappa shape index (κ1) is 19.0. The monoisotopic (exact) mass is 366 g/mol. The quantitative estimate of drug-likeness (QED) is 0.883. The number of carbonyl (C=O) groups is 2. The van der Waals surface area contributed by atoms with Gasteiger partial charge < -0.3 is 14.9 Å². The Morgan fingerprint density at radius 1 is 1.22 bits per heavy atom. The highest BCUT2D eigenvalue weighted by Crippen LogP contribution is 2.30. The highest BCUT2D eigenvalue weighted by Gasteiger charge is 2.30. The fraction of sp³-hybridized carbons (Fsp3) is 0.364. The fourth-order valence-electron chi connectivity index (χ4n) is 3.65. The molecule has 2 amide bonds. The summed E-state index contributed by atoms with van der Waals surface area (Å²) in [5.41, 5.74) is 3.29. The lowest BCUT2D eigenvalue weighted by Gasteiger charge is -2.21. The maximum absolute atomic E-state index is 12.7. The minimum atomic E-state index is -0.0580. The summed E-state index contributed by atoms with van der Waals surface area (Å²) in [7, 11) is 1.78. The van der Waals surface area contributed by atoms with Gasteiger partial charge in [0.05, 0.1) is 0 Å². The van der Waals surface area contributed by atoms with E-state index in [4.69, 9.17) is 0 Å². The lowest BCUT2D eigenvalue weighted by molar-refractivity contribution is -0.127. The molecule has 0 saturated carbocycles. The Balaban J connectivity index is 1.68. The number of rotatable bonds is 5. The van der Waals surface area contributed by atoms with Crippen molar-refractivity contribution in [2.24, 2.45) is 5.92 Å². The van der Waals surface area contributed by atoms with E-state index in [2.05, 4.69) is 0 Å². The molecular formula is C22H26N2O3. The van der Waals surface area contributed by atoms with Gasteiger partial charge in [-0.2, -0.15) is 0 Å². The average molecular weight is 366 g/mol. The first-order chi connectivity index (χ1) is 12.9. The van der Waals surface area contributed by atoms with Gasteiger partial charge in [0.2, 0.25) is 5.91 Å². The predicted molar refractivity (Wildman–Crippen MR) is 106 cm³/mol. The number of aromatic hydroxyl groups is 1. The van der Waals surface area contributed by atoms with Gasteiger partial charge in [-0.05, 0) is 43.7 Å². The highest BCUT2D eigenvalue weighted by molar-refractivity contribution is 5.94. The third kappa shape index (κ3) is 4.13. The van der Waals surface area contributed by atoms with E-state index in [0.29, 0.717) is 18.5 Å². The van der Waals surface area contributed by atoms with Gasteiger partial charge in [0.25, 0.3) is 5.91 Å². The topological polar surface area (TPSA) is 60.9 Å². The third-order valence-electron chi connectivity index (χ3n) is 5.15. The van der Waals surface area contributed by atoms with E-state index in [1.54, 1.807) is 30.1 Å². The molecule has 1 saturated heterocycles. The third-order valence-corrected chi connectivity index (χ3v) is 5.15. The van der Waals surface area contributed by atoms with Crippen molar-refractivity contribution >= 4 is 11.8 Å². The summed E-state index contributed by atoms with van der Waals surface area (Å²) in [6.07, 6.45) is 0.511. The van der Waals surface area contributed by atoms with Crippen LogP contribution in [0, 0.1) is 12.8 Å². The zero-order valence-corrected chi connectivity index (χ0v) is 16.1. The van der Waals surface area contributed by atoms with E-state index in [-0.39, 0.29) is 23.5 Å². The molecular weight excluding hydrogens is 340 g/mol. The van der Waals surface area contributed by atoms with Crippen LogP contribution in [0.15, 0.2) is 42.5 Å². The van der Waals surface area contributed by atoms with Crippen LogP contribution >= 0.6 is 0 Å². The van der Waals surface area contributed by atoms with E-state index in [1.165, 1.54) is 0 Å². The van der Waals surface area contributed by atoms with Crippen LogP contribution in [0.3, 0.4) is 0 Å². The molecule has 0 spiro atoms. The Labute approximate surface area is 160 Å². The molecule has 1 aliphatic heterocycles. The molecule has 0 radical (unpaired) electrons. The minimum absolute atomic E-state index is 0.0580. The number of phenols is 1. The maximum Gasteiger partial charge on any atom is 0.253 e. The summed E-state index contributed by atoms with van der Waals surface area (Å²) >= 11 is 0. The number of carbonyl (C=O) groups excluding carboxylic acids is 2. The SMILES string of the molecule is CCN1C[C@H](CN(C)C(=O)c2ccc(-c3cc(C)ccc3O)cc2)CC1=O. The number of aryl methyl sites for hydroxylation is 1. The van der Waals surface area contributed by atoms with Gasteiger partial charge >= 0.3 is 0 Å². The van der Waals surface area contributed by atoms with Crippen molar-refractivity contribution in [1.82, 2.24) is 9.80 Å². The van der Waals surface area contributed by atoms with Crippen molar-refractivity contribution in [1.29, 1.82) is 0 Å². The second kappa shape index (κ2) is 7.82. The molecule has 2 aromatic rings. The molecule has 0 bridgehead atoms. The van der Waals surface area contributed by atoms with Crippen LogP contribution in [0.1, 0.15) is 29.3 Å². The molecule has 1 atom stereocenters. The molecule has 0 aliphatic carbocycles. The summed E-state index contributed by atoms with van der Waals surface area (Å²) < 4.78 is 0. The number of hydrogen-bond acceptors (Lipinski definition) is 3. The smallest absolute Gasteiger partial charge is 0.253 e. The van der Waals surface area contributed by atoms with Crippen LogP contribution in [-0.4, -0.2) is 53.4 Å². The van der Waals surface area contributed by atoms with Crippen LogP contribution in [0.4, 0.5) is 0 Å². The van der Waals surface area contributed by atoms with Crippen LogP contribution in [0.5, 0.6) is 5.75 Å². The van der Waals surface area contributed by atoms with E-state index < -0.39 is 0 Å². The molecule has 1 aliphatic rings. The number of hydrogen-bond donors (Lipinski definition) is 1. The van der Waals surface area contributed by atoms with E-state index in [0.717, 1.165) is 29.8 Å². The summed E-state index contributed by atoms with van der Waals surface area (Å²) in [5.74, 6) is 0.529. The van der Waals surface area contributed by atoms with Crippen molar-refractivity contribution in [2.45, 2.75) is 20.3 Å². The zero-order valence-electron chi connectivity index (χ0n) is 16.1. The van der Waals surface area contributed by atoms with Crippen LogP contribution in [0.25, 0.3) is 11.1 Å². The molecule has 0 unspecified atom stereocenters. The summed E-state index contributed by atoms with van der Waals surface area (Å²) in [6.45, 7) is 5.96. The summed E-state index contributed by atoms with van der Waals surface area (Å²) in [4.78, 5) is 28.1. The van der Waals surface area contributed by atoms with E-state index in [1.807, 2.05) is 43.0 Å². The number of benzene rings is 2. The molecule has 1 N–H and O–H groups in total. The number of likely N-dealkylation sites (tertiary alicyclic amines) is 1. The molecule has 0 aromatic heterocycles. The standard InChI is InChI=1S/C22H26N2O3/c1-4-24-14-16(12-21(24)26)13-23(3)22(27)18-8-6-17(7-9-18)19-11-15(2)5-10-20(19)25/h5-11,16,25H,4,12-14H2,1-3H3/t16-/m0/s1. The zero-order chi connectivity index (χ0) is 19.6. The molecule has 5 nitrogen and oxygen atoms in total. The normalized spacial score (nSPS) is 16.6. The largest absolute Gasteiger partial charge is 0.507 e. The van der Waals surface area contributed by atoms with Gasteiger partial charge in [0.1, 0.15) is 5.75 Å². The van der Waals surface area contributed by atoms with Gasteiger partial charge in [0.15, 0.2) is 0 Å². The first-order valence-electron chi connectivity index (χ1n) is 9.32. The number of amides is 2. The second-order valence-corrected chi connectivity index (χ2v) is 7.29. The van der Waals surface area contributed by atoms with Crippen molar-refractivity contribution < 1.29 is 14.7 Å². The van der Waals surface area contributed by atoms with Gasteiger partial charge in [-0.1, -0.05) is 23.8 Å². The predicted octanol–water partition coefficient (Wildman–Crippen LogP) is 3.31. The van der Waals surface area contributed by atoms with Gasteiger partial charge in [-0.15, -0.1) is 0 Å². The van der Waals surface area contributed by atoms with Gasteiger partial charge in [-0.25, -0.2) is 0 Å². The van der Waals surface area contributed by atoms with E-state index in [9.17, 15) is 14.7 Å². The summed E-state index contributed by atoms with van der Waals surface area (Å²) in [5, 5.41) is 10.1. The van der Waals surface area contributed by atoms with E-state index >= 15 is 0 Å². The molecule has 5 heteroatoms. The Morgan fingerprint density at radius 3 is 2.56 bits per heavy atom. The minimum Gasteiger partial charge on any atom is -0.507 e. The van der Waals surface area contributed by atoms with Crippen molar-refractivity contribution in [3.8, 4) is 16.9 Å². The van der Waals surface area contributed by atoms with Gasteiger partial charge in [0, 0.05) is 50.1 Å². The lowest BCUT2D eigenvalue weighted by Crippen LogP contribution is -2.33. The van der Waals surface area contributed by atoms with Crippen molar-refractivity contribution in [2.75, 3.05) is 26.7 Å². The first-order valence-corrected chi connectivity index (χ1v) is 9.32. The van der Waals surface area contributed by atoms with Crippen molar-refractivity contribution in [3.63, 3.8) is 0 Å². The Kier molecular flexibility index (Phi) is 5.49. The molecule has 1 heterocycles. The molecule has 142 valence electrons. The molecule has 3 rings (SSSR count). The Bertz CT molecular complexity index is 845. The molecule has 27 heavy (non-hydrogen) atoms. The van der Waals surface area contributed by atoms with Crippen molar-refractivity contribution in [3.05, 3.63) is 53.6 Å². The van der Waals surface area contributed by atoms with Crippen LogP contribution in [0.2, 0.25) is 0 Å². The molecule has 1 fully saturated rings. The maximum atomic E-state index is 12.7. The fourth-order valence-corrected chi connectivity index (χ4v) is 3.65. The molecule has 2 aromatic carbocycles. The average Bonchev–Trinajstić information content (AvgIpc) is 3.02. The Morgan fingerprint density at radius 2 is 1.93 bits per heavy atom. The van der Waals surface area contributed by atoms with Crippen LogP contribution < -0.4 is 0 Å². The Hall–Kier alpha value is -2.82. The second-order valence-electron chi connectivity index (χ2n) is 7.29. The number of nitrogens with zero attached hydrogens (tertiary/aromatic N) is 2.